The SMILES string of the molecule is O=C(Nc1ncn[nH]1)[C@@H]1CC(=O)N(c2ccc(F)cc2F)C1. The number of carbonyl (C=O) groups excluding carboxylic acids is 2. The molecule has 0 spiro atoms. The number of aromatic amines is 1. The summed E-state index contributed by atoms with van der Waals surface area (Å²) in [4.78, 5) is 28.9. The fourth-order valence-electron chi connectivity index (χ4n) is 2.30. The Kier molecular flexibility index (Phi) is 3.53. The summed E-state index contributed by atoms with van der Waals surface area (Å²) >= 11 is 0. The molecule has 1 aliphatic heterocycles. The fourth-order valence-corrected chi connectivity index (χ4v) is 2.30. The zero-order valence-electron chi connectivity index (χ0n) is 11.2. The molecule has 0 aliphatic carbocycles. The van der Waals surface area contributed by atoms with Gasteiger partial charge >= 0.3 is 0 Å². The second kappa shape index (κ2) is 5.51. The number of hydrogen-bond acceptors (Lipinski definition) is 4. The van der Waals surface area contributed by atoms with E-state index in [0.717, 1.165) is 11.0 Å². The second-order valence-corrected chi connectivity index (χ2v) is 4.82. The van der Waals surface area contributed by atoms with Crippen molar-refractivity contribution in [2.45, 2.75) is 6.42 Å². The third-order valence-electron chi connectivity index (χ3n) is 3.35. The van der Waals surface area contributed by atoms with Crippen molar-refractivity contribution in [1.29, 1.82) is 0 Å². The molecule has 2 aromatic rings. The van der Waals surface area contributed by atoms with Gasteiger partial charge in [0.05, 0.1) is 11.6 Å². The van der Waals surface area contributed by atoms with Crippen molar-refractivity contribution < 1.29 is 18.4 Å². The number of nitrogens with one attached hydrogen (secondary N) is 2. The predicted octanol–water partition coefficient (Wildman–Crippen LogP) is 1.07. The predicted molar refractivity (Wildman–Crippen MR) is 71.8 cm³/mol. The molecule has 2 amide bonds. The van der Waals surface area contributed by atoms with Gasteiger partial charge in [0.15, 0.2) is 0 Å². The number of carbonyl (C=O) groups is 2. The van der Waals surface area contributed by atoms with Crippen molar-refractivity contribution in [2.75, 3.05) is 16.8 Å². The molecule has 3 rings (SSSR count). The van der Waals surface area contributed by atoms with Crippen molar-refractivity contribution in [3.63, 3.8) is 0 Å². The zero-order chi connectivity index (χ0) is 15.7. The number of anilines is 2. The third-order valence-corrected chi connectivity index (χ3v) is 3.35. The van der Waals surface area contributed by atoms with Crippen LogP contribution in [0.3, 0.4) is 0 Å². The van der Waals surface area contributed by atoms with E-state index in [9.17, 15) is 18.4 Å². The van der Waals surface area contributed by atoms with Gasteiger partial charge < -0.3 is 4.90 Å². The summed E-state index contributed by atoms with van der Waals surface area (Å²) in [5.74, 6) is -2.87. The van der Waals surface area contributed by atoms with Crippen molar-refractivity contribution in [2.24, 2.45) is 5.92 Å². The Morgan fingerprint density at radius 2 is 2.23 bits per heavy atom. The van der Waals surface area contributed by atoms with E-state index >= 15 is 0 Å². The summed E-state index contributed by atoms with van der Waals surface area (Å²) in [6.07, 6.45) is 1.17. The highest BCUT2D eigenvalue weighted by atomic mass is 19.1. The summed E-state index contributed by atoms with van der Waals surface area (Å²) in [6, 6.07) is 2.94. The van der Waals surface area contributed by atoms with Crippen LogP contribution in [0.2, 0.25) is 0 Å². The van der Waals surface area contributed by atoms with Crippen LogP contribution in [0.15, 0.2) is 24.5 Å². The fraction of sp³-hybridized carbons (Fsp3) is 0.231. The van der Waals surface area contributed by atoms with E-state index in [4.69, 9.17) is 0 Å². The van der Waals surface area contributed by atoms with Gasteiger partial charge in [-0.3, -0.25) is 14.9 Å². The van der Waals surface area contributed by atoms with Crippen LogP contribution >= 0.6 is 0 Å². The highest BCUT2D eigenvalue weighted by Crippen LogP contribution is 2.28. The van der Waals surface area contributed by atoms with Crippen LogP contribution in [-0.4, -0.2) is 33.5 Å². The Labute approximate surface area is 123 Å². The normalized spacial score (nSPS) is 17.8. The van der Waals surface area contributed by atoms with Gasteiger partial charge in [-0.2, -0.15) is 10.1 Å². The first-order chi connectivity index (χ1) is 10.5. The number of amides is 2. The maximum Gasteiger partial charge on any atom is 0.232 e. The molecule has 0 saturated carbocycles. The summed E-state index contributed by atoms with van der Waals surface area (Å²) in [5.41, 5.74) is -0.0404. The molecule has 9 heteroatoms. The van der Waals surface area contributed by atoms with Gasteiger partial charge in [0, 0.05) is 19.0 Å². The molecule has 2 N–H and O–H groups in total. The Morgan fingerprint density at radius 3 is 2.91 bits per heavy atom. The Hall–Kier alpha value is -2.84. The van der Waals surface area contributed by atoms with Gasteiger partial charge in [0.1, 0.15) is 18.0 Å². The second-order valence-electron chi connectivity index (χ2n) is 4.82. The van der Waals surface area contributed by atoms with Gasteiger partial charge in [0.2, 0.25) is 17.8 Å². The molecule has 22 heavy (non-hydrogen) atoms. The minimum atomic E-state index is -0.843. The van der Waals surface area contributed by atoms with Gasteiger partial charge in [0.25, 0.3) is 0 Å². The van der Waals surface area contributed by atoms with E-state index in [1.54, 1.807) is 0 Å². The molecule has 1 aliphatic rings. The number of benzene rings is 1. The molecule has 0 bridgehead atoms. The minimum absolute atomic E-state index is 0.0152. The minimum Gasteiger partial charge on any atom is -0.309 e. The van der Waals surface area contributed by atoms with Gasteiger partial charge in [-0.1, -0.05) is 0 Å². The lowest BCUT2D eigenvalue weighted by atomic mass is 10.1. The average molecular weight is 307 g/mol. The molecule has 1 aromatic heterocycles. The maximum absolute atomic E-state index is 13.8. The number of halogens is 2. The number of aromatic nitrogens is 3. The van der Waals surface area contributed by atoms with Crippen molar-refractivity contribution in [3.05, 3.63) is 36.2 Å². The molecule has 2 heterocycles. The Morgan fingerprint density at radius 1 is 1.41 bits per heavy atom. The van der Waals surface area contributed by atoms with Crippen molar-refractivity contribution in [1.82, 2.24) is 15.2 Å². The summed E-state index contributed by atoms with van der Waals surface area (Å²) in [5, 5.41) is 8.53. The van der Waals surface area contributed by atoms with Gasteiger partial charge in [-0.15, -0.1) is 0 Å². The third kappa shape index (κ3) is 2.65. The Bertz CT molecular complexity index is 719. The van der Waals surface area contributed by atoms with Crippen LogP contribution in [0.1, 0.15) is 6.42 Å². The first-order valence-corrected chi connectivity index (χ1v) is 6.46. The largest absolute Gasteiger partial charge is 0.309 e. The monoisotopic (exact) mass is 307 g/mol. The van der Waals surface area contributed by atoms with E-state index in [0.29, 0.717) is 6.07 Å². The number of hydrogen-bond donors (Lipinski definition) is 2. The maximum atomic E-state index is 13.8. The van der Waals surface area contributed by atoms with Crippen LogP contribution < -0.4 is 10.2 Å². The topological polar surface area (TPSA) is 91.0 Å². The molecule has 0 radical (unpaired) electrons. The molecule has 7 nitrogen and oxygen atoms in total. The lowest BCUT2D eigenvalue weighted by molar-refractivity contribution is -0.122. The molecular weight excluding hydrogens is 296 g/mol. The van der Waals surface area contributed by atoms with Crippen molar-refractivity contribution in [3.8, 4) is 0 Å². The number of H-pyrrole nitrogens is 1. The molecular formula is C13H11F2N5O2. The van der Waals surface area contributed by atoms with Gasteiger partial charge in [-0.25, -0.2) is 13.9 Å². The molecule has 1 saturated heterocycles. The van der Waals surface area contributed by atoms with Crippen LogP contribution in [0.4, 0.5) is 20.4 Å². The average Bonchev–Trinajstić information content (AvgIpc) is 3.09. The first-order valence-electron chi connectivity index (χ1n) is 6.46. The van der Waals surface area contributed by atoms with E-state index in [1.807, 2.05) is 0 Å². The first kappa shape index (κ1) is 14.1. The molecule has 1 aromatic carbocycles. The molecule has 1 atom stereocenters. The number of nitrogens with zero attached hydrogens (tertiary/aromatic N) is 3. The summed E-state index contributed by atoms with van der Waals surface area (Å²) < 4.78 is 26.7. The zero-order valence-corrected chi connectivity index (χ0v) is 11.2. The highest BCUT2D eigenvalue weighted by molar-refractivity contribution is 6.03. The van der Waals surface area contributed by atoms with Crippen molar-refractivity contribution >= 4 is 23.5 Å². The van der Waals surface area contributed by atoms with Crippen LogP contribution in [0.25, 0.3) is 0 Å². The van der Waals surface area contributed by atoms with Crippen LogP contribution in [0.5, 0.6) is 0 Å². The van der Waals surface area contributed by atoms with Crippen LogP contribution in [-0.2, 0) is 9.59 Å². The smallest absolute Gasteiger partial charge is 0.232 e. The standard InChI is InChI=1S/C13H11F2N5O2/c14-8-1-2-10(9(15)4-8)20-5-7(3-11(20)21)12(22)18-13-16-6-17-19-13/h1-2,4,6-7H,3,5H2,(H2,16,17,18,19,22)/t7-/m1/s1. The highest BCUT2D eigenvalue weighted by Gasteiger charge is 2.36. The number of rotatable bonds is 3. The molecule has 114 valence electrons. The Balaban J connectivity index is 1.74. The lowest BCUT2D eigenvalue weighted by Gasteiger charge is -2.17. The summed E-state index contributed by atoms with van der Waals surface area (Å²) in [7, 11) is 0. The molecule has 1 fully saturated rings. The van der Waals surface area contributed by atoms with E-state index in [2.05, 4.69) is 20.5 Å². The van der Waals surface area contributed by atoms with Gasteiger partial charge in [-0.05, 0) is 12.1 Å². The van der Waals surface area contributed by atoms with E-state index < -0.39 is 29.4 Å². The quantitative estimate of drug-likeness (QED) is 0.887. The van der Waals surface area contributed by atoms with Crippen LogP contribution in [0, 0.1) is 17.6 Å². The summed E-state index contributed by atoms with van der Waals surface area (Å²) in [6.45, 7) is 0.0152. The van der Waals surface area contributed by atoms with E-state index in [-0.39, 0.29) is 24.6 Å². The molecule has 0 unspecified atom stereocenters. The lowest BCUT2D eigenvalue weighted by Crippen LogP contribution is -2.29. The van der Waals surface area contributed by atoms with E-state index in [1.165, 1.54) is 12.4 Å².